The van der Waals surface area contributed by atoms with Gasteiger partial charge in [-0.05, 0) is 6.42 Å². The summed E-state index contributed by atoms with van der Waals surface area (Å²) in [5.41, 5.74) is -0.0131. The van der Waals surface area contributed by atoms with Crippen LogP contribution in [0, 0.1) is 0 Å². The molecule has 0 atom stereocenters. The Morgan fingerprint density at radius 3 is 2.86 bits per heavy atom. The number of H-pyrrole nitrogens is 1. The van der Waals surface area contributed by atoms with E-state index < -0.39 is 0 Å². The largest absolute Gasteiger partial charge is 0.328 e. The Morgan fingerprint density at radius 1 is 1.57 bits per heavy atom. The van der Waals surface area contributed by atoms with E-state index in [0.29, 0.717) is 18.5 Å². The van der Waals surface area contributed by atoms with Gasteiger partial charge in [0.15, 0.2) is 0 Å². The predicted molar refractivity (Wildman–Crippen MR) is 55.5 cm³/mol. The van der Waals surface area contributed by atoms with Crippen LogP contribution in [0.3, 0.4) is 0 Å². The van der Waals surface area contributed by atoms with Crippen molar-refractivity contribution in [2.24, 2.45) is 0 Å². The molecule has 0 aromatic carbocycles. The molecule has 1 N–H and O–H groups in total. The smallest absolute Gasteiger partial charge is 0.297 e. The highest BCUT2D eigenvalue weighted by Crippen LogP contribution is 1.93. The molecule has 0 fully saturated rings. The molecule has 1 rings (SSSR count). The van der Waals surface area contributed by atoms with Crippen molar-refractivity contribution in [3.8, 4) is 0 Å². The van der Waals surface area contributed by atoms with Crippen LogP contribution in [0.2, 0.25) is 0 Å². The Labute approximate surface area is 81.9 Å². The van der Waals surface area contributed by atoms with Gasteiger partial charge in [-0.15, -0.1) is 6.58 Å². The van der Waals surface area contributed by atoms with Crippen LogP contribution in [0.4, 0.5) is 0 Å². The third-order valence-electron chi connectivity index (χ3n) is 1.93. The summed E-state index contributed by atoms with van der Waals surface area (Å²) in [5.74, 6) is 0. The molecular formula is C10H14N2O2. The molecule has 4 nitrogen and oxygen atoms in total. The van der Waals surface area contributed by atoms with Crippen molar-refractivity contribution in [1.82, 2.24) is 9.55 Å². The van der Waals surface area contributed by atoms with Gasteiger partial charge in [0.25, 0.3) is 5.56 Å². The first-order chi connectivity index (χ1) is 6.69. The van der Waals surface area contributed by atoms with Crippen molar-refractivity contribution >= 4 is 0 Å². The second kappa shape index (κ2) is 4.60. The van der Waals surface area contributed by atoms with Crippen LogP contribution in [0.1, 0.15) is 18.9 Å². The lowest BCUT2D eigenvalue weighted by atomic mass is 10.2. The fourth-order valence-corrected chi connectivity index (χ4v) is 1.28. The number of hydrogen-bond donors (Lipinski definition) is 1. The van der Waals surface area contributed by atoms with E-state index in [1.165, 1.54) is 4.57 Å². The SMILES string of the molecule is C=CCn1cc(CCC)c(=O)[nH]c1=O. The first-order valence-corrected chi connectivity index (χ1v) is 4.62. The number of aromatic amines is 1. The molecule has 76 valence electrons. The highest BCUT2D eigenvalue weighted by atomic mass is 16.2. The lowest BCUT2D eigenvalue weighted by Crippen LogP contribution is -2.31. The van der Waals surface area contributed by atoms with Crippen LogP contribution >= 0.6 is 0 Å². The molecule has 1 aromatic heterocycles. The molecule has 1 heterocycles. The highest BCUT2D eigenvalue weighted by Gasteiger charge is 2.02. The molecule has 0 aliphatic heterocycles. The molecule has 14 heavy (non-hydrogen) atoms. The van der Waals surface area contributed by atoms with E-state index in [-0.39, 0.29) is 11.2 Å². The summed E-state index contributed by atoms with van der Waals surface area (Å²) in [6.07, 6.45) is 4.80. The summed E-state index contributed by atoms with van der Waals surface area (Å²) in [4.78, 5) is 24.8. The van der Waals surface area contributed by atoms with Gasteiger partial charge >= 0.3 is 5.69 Å². The Balaban J connectivity index is 3.19. The van der Waals surface area contributed by atoms with Crippen LogP contribution in [0.15, 0.2) is 28.4 Å². The van der Waals surface area contributed by atoms with E-state index in [1.54, 1.807) is 12.3 Å². The summed E-state index contributed by atoms with van der Waals surface area (Å²) in [7, 11) is 0. The first-order valence-electron chi connectivity index (χ1n) is 4.62. The zero-order valence-electron chi connectivity index (χ0n) is 8.25. The van der Waals surface area contributed by atoms with Gasteiger partial charge in [0.05, 0.1) is 0 Å². The molecule has 0 spiro atoms. The molecule has 0 saturated carbocycles. The molecular weight excluding hydrogens is 180 g/mol. The van der Waals surface area contributed by atoms with Gasteiger partial charge in [-0.3, -0.25) is 14.3 Å². The zero-order chi connectivity index (χ0) is 10.6. The van der Waals surface area contributed by atoms with E-state index in [2.05, 4.69) is 11.6 Å². The number of allylic oxidation sites excluding steroid dienone is 1. The monoisotopic (exact) mass is 194 g/mol. The van der Waals surface area contributed by atoms with E-state index in [9.17, 15) is 9.59 Å². The van der Waals surface area contributed by atoms with Gasteiger partial charge in [-0.25, -0.2) is 4.79 Å². The summed E-state index contributed by atoms with van der Waals surface area (Å²) in [6, 6.07) is 0. The molecule has 0 bridgehead atoms. The molecule has 0 aliphatic carbocycles. The third-order valence-corrected chi connectivity index (χ3v) is 1.93. The lowest BCUT2D eigenvalue weighted by Gasteiger charge is -2.03. The van der Waals surface area contributed by atoms with E-state index in [0.717, 1.165) is 6.42 Å². The van der Waals surface area contributed by atoms with Crippen LogP contribution < -0.4 is 11.2 Å². The Kier molecular flexibility index (Phi) is 3.45. The van der Waals surface area contributed by atoms with Crippen molar-refractivity contribution in [1.29, 1.82) is 0 Å². The molecule has 0 amide bonds. The zero-order valence-corrected chi connectivity index (χ0v) is 8.25. The molecule has 0 saturated heterocycles. The van der Waals surface area contributed by atoms with E-state index in [4.69, 9.17) is 0 Å². The fraction of sp³-hybridized carbons (Fsp3) is 0.400. The van der Waals surface area contributed by atoms with Crippen molar-refractivity contribution in [3.05, 3.63) is 45.3 Å². The Morgan fingerprint density at radius 2 is 2.29 bits per heavy atom. The number of aromatic nitrogens is 2. The third kappa shape index (κ3) is 2.22. The number of rotatable bonds is 4. The standard InChI is InChI=1S/C10H14N2O2/c1-3-5-8-7-12(6-4-2)10(14)11-9(8)13/h4,7H,2-3,5-6H2,1H3,(H,11,13,14). The summed E-state index contributed by atoms with van der Waals surface area (Å²) in [6.45, 7) is 5.95. The predicted octanol–water partition coefficient (Wildman–Crippen LogP) is 0.675. The second-order valence-corrected chi connectivity index (χ2v) is 3.10. The molecule has 1 aromatic rings. The van der Waals surface area contributed by atoms with Crippen molar-refractivity contribution in [2.45, 2.75) is 26.3 Å². The van der Waals surface area contributed by atoms with Gasteiger partial charge in [0, 0.05) is 18.3 Å². The number of hydrogen-bond acceptors (Lipinski definition) is 2. The topological polar surface area (TPSA) is 54.9 Å². The average molecular weight is 194 g/mol. The molecule has 0 unspecified atom stereocenters. The van der Waals surface area contributed by atoms with E-state index in [1.807, 2.05) is 6.92 Å². The summed E-state index contributed by atoms with van der Waals surface area (Å²) < 4.78 is 1.44. The fourth-order valence-electron chi connectivity index (χ4n) is 1.28. The quantitative estimate of drug-likeness (QED) is 0.716. The van der Waals surface area contributed by atoms with Crippen LogP contribution in [-0.2, 0) is 13.0 Å². The summed E-state index contributed by atoms with van der Waals surface area (Å²) in [5, 5.41) is 0. The van der Waals surface area contributed by atoms with Crippen LogP contribution in [-0.4, -0.2) is 9.55 Å². The van der Waals surface area contributed by atoms with Gasteiger partial charge in [0.1, 0.15) is 0 Å². The molecule has 0 aliphatic rings. The maximum Gasteiger partial charge on any atom is 0.328 e. The van der Waals surface area contributed by atoms with Crippen molar-refractivity contribution in [3.63, 3.8) is 0 Å². The van der Waals surface area contributed by atoms with Crippen molar-refractivity contribution in [2.75, 3.05) is 0 Å². The highest BCUT2D eigenvalue weighted by molar-refractivity contribution is 5.04. The van der Waals surface area contributed by atoms with Crippen molar-refractivity contribution < 1.29 is 0 Å². The number of aryl methyl sites for hydroxylation is 1. The normalized spacial score (nSPS) is 10.1. The number of nitrogens with one attached hydrogen (secondary N) is 1. The molecule has 0 radical (unpaired) electrons. The maximum absolute atomic E-state index is 11.3. The minimum Gasteiger partial charge on any atom is -0.297 e. The first kappa shape index (κ1) is 10.5. The van der Waals surface area contributed by atoms with Crippen LogP contribution in [0.25, 0.3) is 0 Å². The Hall–Kier alpha value is -1.58. The van der Waals surface area contributed by atoms with Gasteiger partial charge in [-0.2, -0.15) is 0 Å². The van der Waals surface area contributed by atoms with Gasteiger partial charge in [-0.1, -0.05) is 19.4 Å². The average Bonchev–Trinajstić information content (AvgIpc) is 2.14. The van der Waals surface area contributed by atoms with E-state index >= 15 is 0 Å². The Bertz CT molecular complexity index is 428. The maximum atomic E-state index is 11.3. The van der Waals surface area contributed by atoms with Gasteiger partial charge in [0.2, 0.25) is 0 Å². The summed E-state index contributed by atoms with van der Waals surface area (Å²) >= 11 is 0. The number of nitrogens with zero attached hydrogens (tertiary/aromatic N) is 1. The second-order valence-electron chi connectivity index (χ2n) is 3.10. The lowest BCUT2D eigenvalue weighted by molar-refractivity contribution is 0.715. The van der Waals surface area contributed by atoms with Crippen LogP contribution in [0.5, 0.6) is 0 Å². The molecule has 4 heteroatoms. The minimum atomic E-state index is -0.380. The van der Waals surface area contributed by atoms with Gasteiger partial charge < -0.3 is 0 Å². The minimum absolute atomic E-state index is 0.280.